The Labute approximate surface area is 108 Å². The number of aliphatic hydroxyl groups excluding tert-OH is 1. The highest BCUT2D eigenvalue weighted by Crippen LogP contribution is 2.09. The van der Waals surface area contributed by atoms with E-state index >= 15 is 0 Å². The van der Waals surface area contributed by atoms with Crippen LogP contribution in [-0.2, 0) is 17.8 Å². The summed E-state index contributed by atoms with van der Waals surface area (Å²) in [5.74, 6) is -0.765. The van der Waals surface area contributed by atoms with E-state index in [2.05, 4.69) is 11.8 Å². The Bertz CT molecular complexity index is 362. The maximum absolute atomic E-state index is 10.5. The highest BCUT2D eigenvalue weighted by atomic mass is 16.4. The van der Waals surface area contributed by atoms with Gasteiger partial charge in [-0.15, -0.1) is 0 Å². The minimum atomic E-state index is -0.765. The number of benzene rings is 1. The van der Waals surface area contributed by atoms with E-state index in [0.717, 1.165) is 18.7 Å². The van der Waals surface area contributed by atoms with E-state index in [1.54, 1.807) is 0 Å². The third-order valence-electron chi connectivity index (χ3n) is 2.92. The van der Waals surface area contributed by atoms with Crippen molar-refractivity contribution in [3.63, 3.8) is 0 Å². The van der Waals surface area contributed by atoms with Crippen LogP contribution in [0.25, 0.3) is 0 Å². The number of carboxylic acid groups (broad SMARTS) is 1. The lowest BCUT2D eigenvalue weighted by Crippen LogP contribution is -2.26. The maximum atomic E-state index is 10.5. The molecule has 0 saturated carbocycles. The van der Waals surface area contributed by atoms with Crippen molar-refractivity contribution in [2.45, 2.75) is 26.3 Å². The smallest absolute Gasteiger partial charge is 0.303 e. The maximum Gasteiger partial charge on any atom is 0.303 e. The van der Waals surface area contributed by atoms with Crippen LogP contribution in [0.4, 0.5) is 0 Å². The van der Waals surface area contributed by atoms with Crippen LogP contribution in [0, 0.1) is 0 Å². The lowest BCUT2D eigenvalue weighted by molar-refractivity contribution is -0.136. The van der Waals surface area contributed by atoms with Crippen molar-refractivity contribution < 1.29 is 15.0 Å². The summed E-state index contributed by atoms with van der Waals surface area (Å²) in [5.41, 5.74) is 2.23. The van der Waals surface area contributed by atoms with Gasteiger partial charge < -0.3 is 10.2 Å². The number of carboxylic acids is 1. The molecule has 1 aromatic carbocycles. The van der Waals surface area contributed by atoms with E-state index < -0.39 is 5.97 Å². The Morgan fingerprint density at radius 3 is 2.33 bits per heavy atom. The van der Waals surface area contributed by atoms with E-state index in [0.29, 0.717) is 13.0 Å². The van der Waals surface area contributed by atoms with Gasteiger partial charge in [0.15, 0.2) is 0 Å². The molecule has 0 radical (unpaired) electrons. The zero-order chi connectivity index (χ0) is 13.4. The molecule has 0 unspecified atom stereocenters. The van der Waals surface area contributed by atoms with Crippen LogP contribution in [0.5, 0.6) is 0 Å². The van der Waals surface area contributed by atoms with Gasteiger partial charge in [0.25, 0.3) is 0 Å². The summed E-state index contributed by atoms with van der Waals surface area (Å²) in [6.07, 6.45) is 0.745. The molecule has 0 aliphatic carbocycles. The molecule has 18 heavy (non-hydrogen) atoms. The number of rotatable bonds is 8. The fourth-order valence-electron chi connectivity index (χ4n) is 1.81. The third kappa shape index (κ3) is 5.29. The van der Waals surface area contributed by atoms with Crippen molar-refractivity contribution in [3.05, 3.63) is 35.4 Å². The molecular weight excluding hydrogens is 230 g/mol. The molecule has 0 heterocycles. The Kier molecular flexibility index (Phi) is 6.39. The highest BCUT2D eigenvalue weighted by Gasteiger charge is 2.03. The lowest BCUT2D eigenvalue weighted by Gasteiger charge is -2.19. The van der Waals surface area contributed by atoms with E-state index in [1.165, 1.54) is 5.56 Å². The Balaban J connectivity index is 2.51. The minimum Gasteiger partial charge on any atom is -0.481 e. The minimum absolute atomic E-state index is 0.171. The van der Waals surface area contributed by atoms with Gasteiger partial charge in [-0.25, -0.2) is 0 Å². The molecule has 4 heteroatoms. The molecule has 0 spiro atoms. The van der Waals surface area contributed by atoms with Crippen molar-refractivity contribution in [1.29, 1.82) is 0 Å². The van der Waals surface area contributed by atoms with Gasteiger partial charge in [0.1, 0.15) is 0 Å². The molecule has 0 aliphatic rings. The van der Waals surface area contributed by atoms with Crippen molar-refractivity contribution >= 4 is 5.97 Å². The average Bonchev–Trinajstić information content (AvgIpc) is 2.37. The SMILES string of the molecule is CCN(CCO)Cc1ccc(CCC(=O)O)cc1. The van der Waals surface area contributed by atoms with Crippen LogP contribution in [0.3, 0.4) is 0 Å². The number of likely N-dealkylation sites (N-methyl/N-ethyl adjacent to an activating group) is 1. The number of nitrogens with zero attached hydrogens (tertiary/aromatic N) is 1. The van der Waals surface area contributed by atoms with Gasteiger partial charge in [-0.3, -0.25) is 9.69 Å². The molecule has 0 bridgehead atoms. The first-order valence-electron chi connectivity index (χ1n) is 6.28. The summed E-state index contributed by atoms with van der Waals surface area (Å²) < 4.78 is 0. The Morgan fingerprint density at radius 2 is 1.83 bits per heavy atom. The van der Waals surface area contributed by atoms with Gasteiger partial charge in [-0.05, 0) is 24.1 Å². The second-order valence-electron chi connectivity index (χ2n) is 4.30. The molecule has 2 N–H and O–H groups in total. The second-order valence-corrected chi connectivity index (χ2v) is 4.30. The van der Waals surface area contributed by atoms with Gasteiger partial charge in [-0.1, -0.05) is 31.2 Å². The second kappa shape index (κ2) is 7.84. The molecular formula is C14H21NO3. The lowest BCUT2D eigenvalue weighted by atomic mass is 10.1. The van der Waals surface area contributed by atoms with Gasteiger partial charge in [0, 0.05) is 19.5 Å². The molecule has 4 nitrogen and oxygen atoms in total. The van der Waals surface area contributed by atoms with Crippen LogP contribution in [0.1, 0.15) is 24.5 Å². The van der Waals surface area contributed by atoms with Gasteiger partial charge in [0.05, 0.1) is 6.61 Å². The zero-order valence-corrected chi connectivity index (χ0v) is 10.8. The van der Waals surface area contributed by atoms with Crippen molar-refractivity contribution in [2.75, 3.05) is 19.7 Å². The summed E-state index contributed by atoms with van der Waals surface area (Å²) in [7, 11) is 0. The monoisotopic (exact) mass is 251 g/mol. The summed E-state index contributed by atoms with van der Waals surface area (Å²) in [6, 6.07) is 8.00. The van der Waals surface area contributed by atoms with E-state index in [1.807, 2.05) is 24.3 Å². The number of aliphatic carboxylic acids is 1. The molecule has 100 valence electrons. The zero-order valence-electron chi connectivity index (χ0n) is 10.8. The molecule has 0 amide bonds. The summed E-state index contributed by atoms with van der Waals surface area (Å²) in [5, 5.41) is 17.5. The first-order valence-corrected chi connectivity index (χ1v) is 6.28. The molecule has 1 rings (SSSR count). The van der Waals surface area contributed by atoms with Gasteiger partial charge >= 0.3 is 5.97 Å². The normalized spacial score (nSPS) is 10.8. The summed E-state index contributed by atoms with van der Waals surface area (Å²) in [4.78, 5) is 12.6. The van der Waals surface area contributed by atoms with E-state index in [4.69, 9.17) is 10.2 Å². The number of carbonyl (C=O) groups is 1. The third-order valence-corrected chi connectivity index (χ3v) is 2.92. The van der Waals surface area contributed by atoms with E-state index in [-0.39, 0.29) is 13.0 Å². The van der Waals surface area contributed by atoms with Gasteiger partial charge in [0.2, 0.25) is 0 Å². The molecule has 0 saturated heterocycles. The Hall–Kier alpha value is -1.39. The molecule has 0 aromatic heterocycles. The topological polar surface area (TPSA) is 60.8 Å². The summed E-state index contributed by atoms with van der Waals surface area (Å²) >= 11 is 0. The number of aliphatic hydroxyl groups is 1. The molecule has 0 aliphatic heterocycles. The van der Waals surface area contributed by atoms with Crippen LogP contribution in [-0.4, -0.2) is 40.8 Å². The van der Waals surface area contributed by atoms with Gasteiger partial charge in [-0.2, -0.15) is 0 Å². The number of hydrogen-bond acceptors (Lipinski definition) is 3. The number of aryl methyl sites for hydroxylation is 1. The Morgan fingerprint density at radius 1 is 1.22 bits per heavy atom. The molecule has 0 fully saturated rings. The summed E-state index contributed by atoms with van der Waals surface area (Å²) in [6.45, 7) is 4.64. The van der Waals surface area contributed by atoms with Crippen molar-refractivity contribution in [1.82, 2.24) is 4.90 Å². The van der Waals surface area contributed by atoms with Crippen molar-refractivity contribution in [3.8, 4) is 0 Å². The fraction of sp³-hybridized carbons (Fsp3) is 0.500. The van der Waals surface area contributed by atoms with Crippen LogP contribution in [0.15, 0.2) is 24.3 Å². The first kappa shape index (κ1) is 14.7. The van der Waals surface area contributed by atoms with Crippen LogP contribution in [0.2, 0.25) is 0 Å². The highest BCUT2D eigenvalue weighted by molar-refractivity contribution is 5.67. The number of hydrogen-bond donors (Lipinski definition) is 2. The first-order chi connectivity index (χ1) is 8.65. The molecule has 1 aromatic rings. The molecule has 0 atom stereocenters. The largest absolute Gasteiger partial charge is 0.481 e. The van der Waals surface area contributed by atoms with E-state index in [9.17, 15) is 4.79 Å². The standard InChI is InChI=1S/C14H21NO3/c1-2-15(9-10-16)11-13-5-3-12(4-6-13)7-8-14(17)18/h3-6,16H,2,7-11H2,1H3,(H,17,18). The average molecular weight is 251 g/mol. The fourth-order valence-corrected chi connectivity index (χ4v) is 1.81. The quantitative estimate of drug-likeness (QED) is 0.735. The predicted octanol–water partition coefficient (Wildman–Crippen LogP) is 1.52. The van der Waals surface area contributed by atoms with Crippen LogP contribution < -0.4 is 0 Å². The predicted molar refractivity (Wildman–Crippen MR) is 70.4 cm³/mol. The van der Waals surface area contributed by atoms with Crippen LogP contribution >= 0.6 is 0 Å². The van der Waals surface area contributed by atoms with Crippen molar-refractivity contribution in [2.24, 2.45) is 0 Å².